The molecule has 2 aromatic rings. The summed E-state index contributed by atoms with van der Waals surface area (Å²) < 4.78 is 4.90. The molecule has 0 amide bonds. The highest BCUT2D eigenvalue weighted by molar-refractivity contribution is 5.81. The summed E-state index contributed by atoms with van der Waals surface area (Å²) in [6, 6.07) is 14.9. The summed E-state index contributed by atoms with van der Waals surface area (Å²) in [5.74, 6) is -0.319. The SMILES string of the molecule is CC=CC(=O)OCC(O)Cc1ccc(-c2ccccc2)c(O)c1. The van der Waals surface area contributed by atoms with Gasteiger partial charge in [-0.3, -0.25) is 0 Å². The zero-order valence-electron chi connectivity index (χ0n) is 13.0. The van der Waals surface area contributed by atoms with Crippen LogP contribution in [0.5, 0.6) is 5.75 Å². The summed E-state index contributed by atoms with van der Waals surface area (Å²) in [5.41, 5.74) is 2.44. The van der Waals surface area contributed by atoms with E-state index in [1.165, 1.54) is 6.08 Å². The minimum absolute atomic E-state index is 0.0790. The Hall–Kier alpha value is -2.59. The predicted molar refractivity (Wildman–Crippen MR) is 89.0 cm³/mol. The van der Waals surface area contributed by atoms with Gasteiger partial charge in [0, 0.05) is 18.1 Å². The Morgan fingerprint density at radius 3 is 2.61 bits per heavy atom. The van der Waals surface area contributed by atoms with Crippen molar-refractivity contribution in [3.63, 3.8) is 0 Å². The van der Waals surface area contributed by atoms with Crippen molar-refractivity contribution in [2.75, 3.05) is 6.61 Å². The number of hydrogen-bond acceptors (Lipinski definition) is 4. The van der Waals surface area contributed by atoms with E-state index in [-0.39, 0.29) is 12.4 Å². The fraction of sp³-hybridized carbons (Fsp3) is 0.211. The first-order chi connectivity index (χ1) is 11.1. The van der Waals surface area contributed by atoms with Gasteiger partial charge < -0.3 is 14.9 Å². The Labute approximate surface area is 135 Å². The van der Waals surface area contributed by atoms with Crippen molar-refractivity contribution in [2.45, 2.75) is 19.4 Å². The zero-order valence-corrected chi connectivity index (χ0v) is 13.0. The summed E-state index contributed by atoms with van der Waals surface area (Å²) in [6.45, 7) is 1.64. The third-order valence-corrected chi connectivity index (χ3v) is 3.34. The maximum Gasteiger partial charge on any atom is 0.330 e. The van der Waals surface area contributed by atoms with E-state index in [2.05, 4.69) is 0 Å². The molecule has 23 heavy (non-hydrogen) atoms. The normalized spacial score (nSPS) is 12.3. The number of aliphatic hydroxyl groups is 1. The number of aromatic hydroxyl groups is 1. The van der Waals surface area contributed by atoms with Gasteiger partial charge in [0.15, 0.2) is 0 Å². The van der Waals surface area contributed by atoms with Gasteiger partial charge in [0.25, 0.3) is 0 Å². The first kappa shape index (κ1) is 16.8. The molecule has 0 saturated heterocycles. The van der Waals surface area contributed by atoms with E-state index in [0.29, 0.717) is 6.42 Å². The van der Waals surface area contributed by atoms with Gasteiger partial charge in [0.05, 0.1) is 6.10 Å². The highest BCUT2D eigenvalue weighted by Crippen LogP contribution is 2.30. The highest BCUT2D eigenvalue weighted by atomic mass is 16.5. The van der Waals surface area contributed by atoms with Crippen molar-refractivity contribution < 1.29 is 19.7 Å². The number of benzene rings is 2. The van der Waals surface area contributed by atoms with Crippen LogP contribution >= 0.6 is 0 Å². The van der Waals surface area contributed by atoms with Crippen molar-refractivity contribution in [3.8, 4) is 16.9 Å². The number of carbonyl (C=O) groups excluding carboxylic acids is 1. The fourth-order valence-corrected chi connectivity index (χ4v) is 2.26. The second kappa shape index (κ2) is 8.15. The smallest absolute Gasteiger partial charge is 0.330 e. The fourth-order valence-electron chi connectivity index (χ4n) is 2.26. The first-order valence-corrected chi connectivity index (χ1v) is 7.45. The van der Waals surface area contributed by atoms with Crippen molar-refractivity contribution >= 4 is 5.97 Å². The number of esters is 1. The Kier molecular flexibility index (Phi) is 5.94. The third-order valence-electron chi connectivity index (χ3n) is 3.34. The molecule has 1 atom stereocenters. The van der Waals surface area contributed by atoms with Crippen LogP contribution in [0.15, 0.2) is 60.7 Å². The molecule has 0 radical (unpaired) electrons. The molecule has 1 unspecified atom stereocenters. The Bertz CT molecular complexity index is 677. The number of phenolic OH excluding ortho intramolecular Hbond substituents is 1. The standard InChI is InChI=1S/C19H20O4/c1-2-6-19(22)23-13-16(20)11-14-9-10-17(18(21)12-14)15-7-4-3-5-8-15/h2-10,12,16,20-21H,11,13H2,1H3. The summed E-state index contributed by atoms with van der Waals surface area (Å²) >= 11 is 0. The summed E-state index contributed by atoms with van der Waals surface area (Å²) in [5, 5.41) is 20.1. The van der Waals surface area contributed by atoms with Crippen LogP contribution in [0, 0.1) is 0 Å². The van der Waals surface area contributed by atoms with Crippen molar-refractivity contribution in [1.82, 2.24) is 0 Å². The first-order valence-electron chi connectivity index (χ1n) is 7.45. The number of aliphatic hydroxyl groups excluding tert-OH is 1. The molecule has 0 aliphatic rings. The largest absolute Gasteiger partial charge is 0.507 e. The Balaban J connectivity index is 1.99. The van der Waals surface area contributed by atoms with Crippen LogP contribution in [0.4, 0.5) is 0 Å². The maximum absolute atomic E-state index is 11.2. The summed E-state index contributed by atoms with van der Waals surface area (Å²) in [6.07, 6.45) is 2.36. The molecule has 0 spiro atoms. The number of carbonyl (C=O) groups is 1. The minimum atomic E-state index is -0.814. The molecular formula is C19H20O4. The van der Waals surface area contributed by atoms with E-state index in [1.807, 2.05) is 42.5 Å². The van der Waals surface area contributed by atoms with E-state index < -0.39 is 12.1 Å². The van der Waals surface area contributed by atoms with Crippen LogP contribution < -0.4 is 0 Å². The number of allylic oxidation sites excluding steroid dienone is 1. The molecule has 0 bridgehead atoms. The van der Waals surface area contributed by atoms with Gasteiger partial charge in [0.2, 0.25) is 0 Å². The summed E-state index contributed by atoms with van der Waals surface area (Å²) in [7, 11) is 0. The average molecular weight is 312 g/mol. The molecule has 4 nitrogen and oxygen atoms in total. The molecule has 0 heterocycles. The summed E-state index contributed by atoms with van der Waals surface area (Å²) in [4.78, 5) is 11.2. The van der Waals surface area contributed by atoms with Crippen LogP contribution in [-0.2, 0) is 16.0 Å². The Morgan fingerprint density at radius 2 is 1.96 bits per heavy atom. The van der Waals surface area contributed by atoms with Gasteiger partial charge >= 0.3 is 5.97 Å². The predicted octanol–water partition coefficient (Wildman–Crippen LogP) is 3.08. The molecule has 2 aromatic carbocycles. The number of ether oxygens (including phenoxy) is 1. The molecule has 0 aliphatic carbocycles. The lowest BCUT2D eigenvalue weighted by Crippen LogP contribution is -2.20. The molecule has 120 valence electrons. The van der Waals surface area contributed by atoms with Crippen LogP contribution in [-0.4, -0.2) is 28.9 Å². The highest BCUT2D eigenvalue weighted by Gasteiger charge is 2.11. The van der Waals surface area contributed by atoms with Crippen molar-refractivity contribution in [1.29, 1.82) is 0 Å². The lowest BCUT2D eigenvalue weighted by atomic mass is 10.0. The van der Waals surface area contributed by atoms with Gasteiger partial charge in [-0.2, -0.15) is 0 Å². The quantitative estimate of drug-likeness (QED) is 0.635. The van der Waals surface area contributed by atoms with Gasteiger partial charge in [-0.05, 0) is 24.1 Å². The lowest BCUT2D eigenvalue weighted by molar-refractivity contribution is -0.140. The van der Waals surface area contributed by atoms with E-state index >= 15 is 0 Å². The van der Waals surface area contributed by atoms with E-state index in [1.54, 1.807) is 19.1 Å². The molecule has 2 N–H and O–H groups in total. The zero-order chi connectivity index (χ0) is 16.7. The van der Waals surface area contributed by atoms with Crippen molar-refractivity contribution in [2.24, 2.45) is 0 Å². The topological polar surface area (TPSA) is 66.8 Å². The Morgan fingerprint density at radius 1 is 1.22 bits per heavy atom. The molecule has 0 aromatic heterocycles. The number of rotatable bonds is 6. The van der Waals surface area contributed by atoms with Gasteiger partial charge in [-0.1, -0.05) is 48.5 Å². The van der Waals surface area contributed by atoms with Crippen molar-refractivity contribution in [3.05, 3.63) is 66.2 Å². The molecular weight excluding hydrogens is 292 g/mol. The van der Waals surface area contributed by atoms with E-state index in [0.717, 1.165) is 16.7 Å². The minimum Gasteiger partial charge on any atom is -0.507 e. The second-order valence-corrected chi connectivity index (χ2v) is 5.21. The van der Waals surface area contributed by atoms with E-state index in [9.17, 15) is 15.0 Å². The van der Waals surface area contributed by atoms with Crippen LogP contribution in [0.3, 0.4) is 0 Å². The monoisotopic (exact) mass is 312 g/mol. The van der Waals surface area contributed by atoms with Gasteiger partial charge in [-0.15, -0.1) is 0 Å². The third kappa shape index (κ3) is 4.97. The van der Waals surface area contributed by atoms with Gasteiger partial charge in [0.1, 0.15) is 12.4 Å². The van der Waals surface area contributed by atoms with Gasteiger partial charge in [-0.25, -0.2) is 4.79 Å². The van der Waals surface area contributed by atoms with Crippen LogP contribution in [0.2, 0.25) is 0 Å². The second-order valence-electron chi connectivity index (χ2n) is 5.21. The molecule has 2 rings (SSSR count). The molecule has 4 heteroatoms. The van der Waals surface area contributed by atoms with Crippen LogP contribution in [0.1, 0.15) is 12.5 Å². The van der Waals surface area contributed by atoms with Crippen LogP contribution in [0.25, 0.3) is 11.1 Å². The van der Waals surface area contributed by atoms with E-state index in [4.69, 9.17) is 4.74 Å². The average Bonchev–Trinajstić information content (AvgIpc) is 2.54. The number of hydrogen-bond donors (Lipinski definition) is 2. The molecule has 0 saturated carbocycles. The molecule has 0 aliphatic heterocycles. The molecule has 0 fully saturated rings. The lowest BCUT2D eigenvalue weighted by Gasteiger charge is -2.12. The number of phenols is 1. The maximum atomic E-state index is 11.2.